The zero-order chi connectivity index (χ0) is 15.7. The predicted octanol–water partition coefficient (Wildman–Crippen LogP) is 2.27. The van der Waals surface area contributed by atoms with E-state index in [2.05, 4.69) is 11.8 Å². The zero-order valence-corrected chi connectivity index (χ0v) is 13.5. The second-order valence-electron chi connectivity index (χ2n) is 5.00. The summed E-state index contributed by atoms with van der Waals surface area (Å²) in [5, 5.41) is 9.76. The minimum Gasteiger partial charge on any atom is -0.504 e. The molecule has 1 N–H and O–H groups in total. The van der Waals surface area contributed by atoms with Crippen LogP contribution in [0.1, 0.15) is 19.4 Å². The van der Waals surface area contributed by atoms with E-state index in [0.717, 1.165) is 18.7 Å². The summed E-state index contributed by atoms with van der Waals surface area (Å²) in [4.78, 5) is 2.29. The molecule has 0 saturated carbocycles. The fraction of sp³-hybridized carbons (Fsp3) is 0.625. The van der Waals surface area contributed by atoms with E-state index in [1.165, 1.54) is 0 Å². The van der Waals surface area contributed by atoms with E-state index in [4.69, 9.17) is 14.2 Å². The number of phenolic OH excluding ortho intramolecular Hbond substituents is 1. The Balaban J connectivity index is 2.79. The Labute approximate surface area is 127 Å². The summed E-state index contributed by atoms with van der Waals surface area (Å²) in [5.41, 5.74) is 1.09. The van der Waals surface area contributed by atoms with Crippen molar-refractivity contribution < 1.29 is 19.3 Å². The van der Waals surface area contributed by atoms with Gasteiger partial charge >= 0.3 is 0 Å². The summed E-state index contributed by atoms with van der Waals surface area (Å²) >= 11 is 0. The van der Waals surface area contributed by atoms with Crippen LogP contribution in [0.3, 0.4) is 0 Å². The molecular formula is C16H27NO4. The molecule has 1 unspecified atom stereocenters. The van der Waals surface area contributed by atoms with E-state index in [1.54, 1.807) is 20.3 Å². The van der Waals surface area contributed by atoms with Gasteiger partial charge in [-0.1, -0.05) is 6.07 Å². The number of phenols is 1. The van der Waals surface area contributed by atoms with Crippen molar-refractivity contribution in [1.82, 2.24) is 4.90 Å². The molecule has 0 fully saturated rings. The van der Waals surface area contributed by atoms with Gasteiger partial charge < -0.3 is 19.3 Å². The first-order chi connectivity index (χ1) is 10.1. The topological polar surface area (TPSA) is 51.2 Å². The van der Waals surface area contributed by atoms with Gasteiger partial charge in [0, 0.05) is 33.4 Å². The smallest absolute Gasteiger partial charge is 0.161 e. The summed E-state index contributed by atoms with van der Waals surface area (Å²) in [6.45, 7) is 7.48. The first-order valence-electron chi connectivity index (χ1n) is 7.29. The molecule has 0 aliphatic rings. The summed E-state index contributed by atoms with van der Waals surface area (Å²) in [7, 11) is 3.41. The minimum absolute atomic E-state index is 0.175. The van der Waals surface area contributed by atoms with Gasteiger partial charge in [0.1, 0.15) is 0 Å². The third-order valence-corrected chi connectivity index (χ3v) is 3.32. The molecule has 0 radical (unpaired) electrons. The van der Waals surface area contributed by atoms with Crippen molar-refractivity contribution in [3.05, 3.63) is 23.8 Å². The van der Waals surface area contributed by atoms with Gasteiger partial charge in [0.15, 0.2) is 11.5 Å². The lowest BCUT2D eigenvalue weighted by Gasteiger charge is -2.28. The summed E-state index contributed by atoms with van der Waals surface area (Å²) in [6, 6.07) is 5.76. The maximum absolute atomic E-state index is 9.76. The number of methoxy groups -OCH3 is 2. The van der Waals surface area contributed by atoms with Crippen LogP contribution in [0.2, 0.25) is 0 Å². The molecule has 1 aromatic rings. The van der Waals surface area contributed by atoms with Crippen molar-refractivity contribution in [3.8, 4) is 11.5 Å². The van der Waals surface area contributed by atoms with E-state index in [9.17, 15) is 5.11 Å². The van der Waals surface area contributed by atoms with Crippen LogP contribution >= 0.6 is 0 Å². The average Bonchev–Trinajstić information content (AvgIpc) is 2.47. The van der Waals surface area contributed by atoms with Gasteiger partial charge in [-0.2, -0.15) is 0 Å². The lowest BCUT2D eigenvalue weighted by molar-refractivity contribution is 0.0704. The Morgan fingerprint density at radius 1 is 1.24 bits per heavy atom. The molecule has 120 valence electrons. The van der Waals surface area contributed by atoms with Crippen LogP contribution in [-0.2, 0) is 16.0 Å². The number of benzene rings is 1. The van der Waals surface area contributed by atoms with Crippen LogP contribution in [0, 0.1) is 0 Å². The van der Waals surface area contributed by atoms with Gasteiger partial charge in [-0.05, 0) is 31.5 Å². The molecule has 21 heavy (non-hydrogen) atoms. The largest absolute Gasteiger partial charge is 0.504 e. The third kappa shape index (κ3) is 5.91. The molecule has 5 nitrogen and oxygen atoms in total. The first kappa shape index (κ1) is 17.8. The SMILES string of the molecule is CCOc1cc(CN(CCOC)C(C)COC)ccc1O. The quantitative estimate of drug-likeness (QED) is 0.718. The average molecular weight is 297 g/mol. The highest BCUT2D eigenvalue weighted by Gasteiger charge is 2.15. The molecule has 1 aromatic carbocycles. The second kappa shape index (κ2) is 9.60. The number of ether oxygens (including phenoxy) is 3. The van der Waals surface area contributed by atoms with Crippen molar-refractivity contribution in [2.75, 3.05) is 40.6 Å². The molecule has 0 bridgehead atoms. The van der Waals surface area contributed by atoms with Crippen LogP contribution in [0.15, 0.2) is 18.2 Å². The van der Waals surface area contributed by atoms with Crippen LogP contribution in [0.5, 0.6) is 11.5 Å². The molecule has 0 aliphatic heterocycles. The highest BCUT2D eigenvalue weighted by Crippen LogP contribution is 2.27. The fourth-order valence-electron chi connectivity index (χ4n) is 2.17. The standard InChI is InChI=1S/C16H27NO4/c1-5-21-16-10-14(6-7-15(16)18)11-17(8-9-19-3)13(2)12-20-4/h6-7,10,13,18H,5,8-9,11-12H2,1-4H3. The molecule has 0 aliphatic carbocycles. The molecule has 5 heteroatoms. The molecule has 0 heterocycles. The molecule has 1 rings (SSSR count). The summed E-state index contributed by atoms with van der Waals surface area (Å²) in [5.74, 6) is 0.704. The van der Waals surface area contributed by atoms with Crippen LogP contribution < -0.4 is 4.74 Å². The Morgan fingerprint density at radius 3 is 2.62 bits per heavy atom. The number of nitrogens with zero attached hydrogens (tertiary/aromatic N) is 1. The van der Waals surface area contributed by atoms with Gasteiger partial charge in [0.25, 0.3) is 0 Å². The lowest BCUT2D eigenvalue weighted by Crippen LogP contribution is -2.38. The molecule has 0 saturated heterocycles. The van der Waals surface area contributed by atoms with Crippen LogP contribution in [0.4, 0.5) is 0 Å². The molecule has 0 spiro atoms. The van der Waals surface area contributed by atoms with Gasteiger partial charge in [-0.25, -0.2) is 0 Å². The molecule has 0 aromatic heterocycles. The van der Waals surface area contributed by atoms with E-state index in [0.29, 0.717) is 25.6 Å². The summed E-state index contributed by atoms with van der Waals surface area (Å²) < 4.78 is 15.8. The van der Waals surface area contributed by atoms with E-state index < -0.39 is 0 Å². The van der Waals surface area contributed by atoms with Gasteiger partial charge in [0.2, 0.25) is 0 Å². The fourth-order valence-corrected chi connectivity index (χ4v) is 2.17. The zero-order valence-electron chi connectivity index (χ0n) is 13.5. The highest BCUT2D eigenvalue weighted by atomic mass is 16.5. The van der Waals surface area contributed by atoms with Gasteiger partial charge in [-0.15, -0.1) is 0 Å². The van der Waals surface area contributed by atoms with E-state index >= 15 is 0 Å². The Kier molecular flexibility index (Phi) is 8.12. The highest BCUT2D eigenvalue weighted by molar-refractivity contribution is 5.41. The normalized spacial score (nSPS) is 12.6. The van der Waals surface area contributed by atoms with Gasteiger partial charge in [-0.3, -0.25) is 4.90 Å². The summed E-state index contributed by atoms with van der Waals surface area (Å²) in [6.07, 6.45) is 0. The van der Waals surface area contributed by atoms with Crippen molar-refractivity contribution in [2.45, 2.75) is 26.4 Å². The minimum atomic E-state index is 0.175. The monoisotopic (exact) mass is 297 g/mol. The van der Waals surface area contributed by atoms with E-state index in [1.807, 2.05) is 19.1 Å². The molecule has 1 atom stereocenters. The maximum Gasteiger partial charge on any atom is 0.161 e. The third-order valence-electron chi connectivity index (χ3n) is 3.32. The number of hydrogen-bond donors (Lipinski definition) is 1. The van der Waals surface area contributed by atoms with Crippen molar-refractivity contribution in [3.63, 3.8) is 0 Å². The van der Waals surface area contributed by atoms with E-state index in [-0.39, 0.29) is 11.8 Å². The maximum atomic E-state index is 9.76. The predicted molar refractivity (Wildman–Crippen MR) is 82.9 cm³/mol. The van der Waals surface area contributed by atoms with Crippen LogP contribution in [-0.4, -0.2) is 56.6 Å². The van der Waals surface area contributed by atoms with Crippen molar-refractivity contribution in [2.24, 2.45) is 0 Å². The Hall–Kier alpha value is -1.30. The Bertz CT molecular complexity index is 411. The number of hydrogen-bond acceptors (Lipinski definition) is 5. The van der Waals surface area contributed by atoms with Crippen LogP contribution in [0.25, 0.3) is 0 Å². The van der Waals surface area contributed by atoms with Gasteiger partial charge in [0.05, 0.1) is 19.8 Å². The number of aromatic hydroxyl groups is 1. The second-order valence-corrected chi connectivity index (χ2v) is 5.00. The molecular weight excluding hydrogens is 270 g/mol. The number of rotatable bonds is 10. The lowest BCUT2D eigenvalue weighted by atomic mass is 10.1. The Morgan fingerprint density at radius 2 is 2.00 bits per heavy atom. The van der Waals surface area contributed by atoms with Crippen molar-refractivity contribution >= 4 is 0 Å². The van der Waals surface area contributed by atoms with Crippen molar-refractivity contribution in [1.29, 1.82) is 0 Å². The first-order valence-corrected chi connectivity index (χ1v) is 7.29. The molecule has 0 amide bonds.